The molecule has 0 saturated carbocycles. The Kier molecular flexibility index (Phi) is 3.58. The summed E-state index contributed by atoms with van der Waals surface area (Å²) in [5.41, 5.74) is 2.26. The molecule has 5 heteroatoms. The number of nitrogens with zero attached hydrogens (tertiary/aromatic N) is 2. The van der Waals surface area contributed by atoms with Crippen molar-refractivity contribution in [3.05, 3.63) is 53.7 Å². The summed E-state index contributed by atoms with van der Waals surface area (Å²) in [5.74, 6) is 0.677. The van der Waals surface area contributed by atoms with Crippen LogP contribution in [-0.4, -0.2) is 35.2 Å². The molecule has 2 heterocycles. The Bertz CT molecular complexity index is 649. The molecule has 0 radical (unpaired) electrons. The standard InChI is InChI=1S/C16H17N3O2/c1-11-4-2-3-5-14(11)16(21)18-12-6-7-15(17-8-12)19-9-13(20)10-19/h2-8,13,20H,9-10H2,1H3,(H,18,21). The topological polar surface area (TPSA) is 65.5 Å². The van der Waals surface area contributed by atoms with Crippen LogP contribution >= 0.6 is 0 Å². The summed E-state index contributed by atoms with van der Waals surface area (Å²) in [6, 6.07) is 11.1. The highest BCUT2D eigenvalue weighted by atomic mass is 16.3. The summed E-state index contributed by atoms with van der Waals surface area (Å²) in [7, 11) is 0. The van der Waals surface area contributed by atoms with Crippen molar-refractivity contribution in [1.29, 1.82) is 0 Å². The Labute approximate surface area is 123 Å². The van der Waals surface area contributed by atoms with Gasteiger partial charge >= 0.3 is 0 Å². The summed E-state index contributed by atoms with van der Waals surface area (Å²) >= 11 is 0. The van der Waals surface area contributed by atoms with Gasteiger partial charge in [0.1, 0.15) is 5.82 Å². The number of aryl methyl sites for hydroxylation is 1. The van der Waals surface area contributed by atoms with E-state index in [4.69, 9.17) is 0 Å². The Morgan fingerprint density at radius 2 is 2.05 bits per heavy atom. The second-order valence-electron chi connectivity index (χ2n) is 5.23. The van der Waals surface area contributed by atoms with Gasteiger partial charge < -0.3 is 15.3 Å². The number of carbonyl (C=O) groups is 1. The molecule has 5 nitrogen and oxygen atoms in total. The van der Waals surface area contributed by atoms with Crippen molar-refractivity contribution >= 4 is 17.4 Å². The van der Waals surface area contributed by atoms with Gasteiger partial charge in [-0.3, -0.25) is 4.79 Å². The maximum absolute atomic E-state index is 12.2. The number of aliphatic hydroxyl groups excluding tert-OH is 1. The van der Waals surface area contributed by atoms with E-state index in [9.17, 15) is 9.90 Å². The Morgan fingerprint density at radius 1 is 1.29 bits per heavy atom. The van der Waals surface area contributed by atoms with E-state index in [1.807, 2.05) is 42.2 Å². The number of benzene rings is 1. The highest BCUT2D eigenvalue weighted by Crippen LogP contribution is 2.20. The number of β-amino-alcohol motifs (C(OH)–C–C–N with tert-alkyl or cyclic N) is 1. The number of carbonyl (C=O) groups excluding carboxylic acids is 1. The van der Waals surface area contributed by atoms with Crippen LogP contribution in [0.5, 0.6) is 0 Å². The average Bonchev–Trinajstić information content (AvgIpc) is 2.45. The summed E-state index contributed by atoms with van der Waals surface area (Å²) < 4.78 is 0. The second-order valence-corrected chi connectivity index (χ2v) is 5.23. The molecular weight excluding hydrogens is 266 g/mol. The van der Waals surface area contributed by atoms with Crippen molar-refractivity contribution in [3.63, 3.8) is 0 Å². The van der Waals surface area contributed by atoms with Crippen LogP contribution in [0.4, 0.5) is 11.5 Å². The van der Waals surface area contributed by atoms with Gasteiger partial charge in [-0.05, 0) is 30.7 Å². The van der Waals surface area contributed by atoms with Crippen molar-refractivity contribution in [2.45, 2.75) is 13.0 Å². The number of aromatic nitrogens is 1. The minimum absolute atomic E-state index is 0.137. The van der Waals surface area contributed by atoms with E-state index >= 15 is 0 Å². The third kappa shape index (κ3) is 2.87. The lowest BCUT2D eigenvalue weighted by atomic mass is 10.1. The molecule has 0 atom stereocenters. The number of amides is 1. The molecule has 21 heavy (non-hydrogen) atoms. The molecule has 0 aliphatic carbocycles. The van der Waals surface area contributed by atoms with E-state index in [-0.39, 0.29) is 12.0 Å². The van der Waals surface area contributed by atoms with E-state index < -0.39 is 0 Å². The SMILES string of the molecule is Cc1ccccc1C(=O)Nc1ccc(N2CC(O)C2)nc1. The molecule has 108 valence electrons. The predicted octanol–water partition coefficient (Wildman–Crippen LogP) is 1.82. The fourth-order valence-corrected chi connectivity index (χ4v) is 2.32. The summed E-state index contributed by atoms with van der Waals surface area (Å²) in [5, 5.41) is 12.1. The van der Waals surface area contributed by atoms with Crippen LogP contribution in [-0.2, 0) is 0 Å². The molecule has 1 aliphatic heterocycles. The van der Waals surface area contributed by atoms with Gasteiger partial charge in [0, 0.05) is 18.7 Å². The maximum atomic E-state index is 12.2. The van der Waals surface area contributed by atoms with E-state index in [0.717, 1.165) is 11.4 Å². The Balaban J connectivity index is 1.68. The zero-order valence-electron chi connectivity index (χ0n) is 11.8. The third-order valence-corrected chi connectivity index (χ3v) is 3.58. The highest BCUT2D eigenvalue weighted by Gasteiger charge is 2.25. The van der Waals surface area contributed by atoms with Gasteiger partial charge in [-0.25, -0.2) is 4.98 Å². The molecule has 2 N–H and O–H groups in total. The van der Waals surface area contributed by atoms with Crippen molar-refractivity contribution in [2.24, 2.45) is 0 Å². The number of hydrogen-bond donors (Lipinski definition) is 2. The van der Waals surface area contributed by atoms with Gasteiger partial charge in [0.2, 0.25) is 0 Å². The first-order valence-electron chi connectivity index (χ1n) is 6.89. The quantitative estimate of drug-likeness (QED) is 0.902. The molecule has 1 amide bonds. The zero-order chi connectivity index (χ0) is 14.8. The van der Waals surface area contributed by atoms with Crippen molar-refractivity contribution in [3.8, 4) is 0 Å². The second kappa shape index (κ2) is 5.54. The largest absolute Gasteiger partial charge is 0.389 e. The Hall–Kier alpha value is -2.40. The lowest BCUT2D eigenvalue weighted by Gasteiger charge is -2.36. The summed E-state index contributed by atoms with van der Waals surface area (Å²) in [4.78, 5) is 18.5. The van der Waals surface area contributed by atoms with Crippen molar-refractivity contribution in [1.82, 2.24) is 4.98 Å². The highest BCUT2D eigenvalue weighted by molar-refractivity contribution is 6.05. The Morgan fingerprint density at radius 3 is 2.67 bits per heavy atom. The van der Waals surface area contributed by atoms with E-state index in [0.29, 0.717) is 24.3 Å². The third-order valence-electron chi connectivity index (χ3n) is 3.58. The number of nitrogens with one attached hydrogen (secondary N) is 1. The molecule has 1 fully saturated rings. The number of aliphatic hydroxyl groups is 1. The minimum Gasteiger partial charge on any atom is -0.389 e. The van der Waals surface area contributed by atoms with Crippen LogP contribution in [0.3, 0.4) is 0 Å². The zero-order valence-corrected chi connectivity index (χ0v) is 11.8. The normalized spacial score (nSPS) is 14.7. The first-order valence-corrected chi connectivity index (χ1v) is 6.89. The molecular formula is C16H17N3O2. The van der Waals surface area contributed by atoms with Crippen LogP contribution in [0.2, 0.25) is 0 Å². The summed E-state index contributed by atoms with van der Waals surface area (Å²) in [6.07, 6.45) is 1.38. The molecule has 1 aromatic carbocycles. The van der Waals surface area contributed by atoms with E-state index in [1.54, 1.807) is 12.3 Å². The molecule has 1 aliphatic rings. The molecule has 1 saturated heterocycles. The van der Waals surface area contributed by atoms with Crippen LogP contribution in [0.1, 0.15) is 15.9 Å². The summed E-state index contributed by atoms with van der Waals surface area (Å²) in [6.45, 7) is 3.13. The van der Waals surface area contributed by atoms with Crippen molar-refractivity contribution in [2.75, 3.05) is 23.3 Å². The average molecular weight is 283 g/mol. The first-order chi connectivity index (χ1) is 10.1. The van der Waals surface area contributed by atoms with E-state index in [2.05, 4.69) is 10.3 Å². The molecule has 1 aromatic heterocycles. The van der Waals surface area contributed by atoms with Crippen LogP contribution in [0.15, 0.2) is 42.6 Å². The number of anilines is 2. The van der Waals surface area contributed by atoms with Crippen LogP contribution in [0, 0.1) is 6.92 Å². The minimum atomic E-state index is -0.257. The predicted molar refractivity (Wildman–Crippen MR) is 81.6 cm³/mol. The van der Waals surface area contributed by atoms with Crippen LogP contribution in [0.25, 0.3) is 0 Å². The van der Waals surface area contributed by atoms with Gasteiger partial charge in [0.15, 0.2) is 0 Å². The lowest BCUT2D eigenvalue weighted by molar-refractivity contribution is 0.102. The number of rotatable bonds is 3. The van der Waals surface area contributed by atoms with Gasteiger partial charge in [-0.2, -0.15) is 0 Å². The van der Waals surface area contributed by atoms with Crippen molar-refractivity contribution < 1.29 is 9.90 Å². The lowest BCUT2D eigenvalue weighted by Crippen LogP contribution is -2.51. The molecule has 3 rings (SSSR count). The molecule has 0 spiro atoms. The monoisotopic (exact) mass is 283 g/mol. The maximum Gasteiger partial charge on any atom is 0.255 e. The fourth-order valence-electron chi connectivity index (χ4n) is 2.32. The molecule has 0 bridgehead atoms. The smallest absolute Gasteiger partial charge is 0.255 e. The van der Waals surface area contributed by atoms with Crippen LogP contribution < -0.4 is 10.2 Å². The molecule has 2 aromatic rings. The van der Waals surface area contributed by atoms with Gasteiger partial charge in [0.25, 0.3) is 5.91 Å². The molecule has 0 unspecified atom stereocenters. The van der Waals surface area contributed by atoms with Gasteiger partial charge in [-0.1, -0.05) is 18.2 Å². The first kappa shape index (κ1) is 13.6. The fraction of sp³-hybridized carbons (Fsp3) is 0.250. The van der Waals surface area contributed by atoms with Gasteiger partial charge in [-0.15, -0.1) is 0 Å². The number of hydrogen-bond acceptors (Lipinski definition) is 4. The number of pyridine rings is 1. The van der Waals surface area contributed by atoms with Gasteiger partial charge in [0.05, 0.1) is 18.0 Å². The van der Waals surface area contributed by atoms with E-state index in [1.165, 1.54) is 0 Å².